The second kappa shape index (κ2) is 7.34. The van der Waals surface area contributed by atoms with Gasteiger partial charge in [-0.25, -0.2) is 0 Å². The lowest BCUT2D eigenvalue weighted by Crippen LogP contribution is -2.32. The number of anilines is 1. The summed E-state index contributed by atoms with van der Waals surface area (Å²) in [4.78, 5) is 12.3. The van der Waals surface area contributed by atoms with Crippen molar-refractivity contribution in [3.8, 4) is 5.75 Å². The predicted octanol–water partition coefficient (Wildman–Crippen LogP) is 4.79. The summed E-state index contributed by atoms with van der Waals surface area (Å²) < 4.78 is 5.68. The van der Waals surface area contributed by atoms with Crippen molar-refractivity contribution in [2.24, 2.45) is 0 Å². The maximum atomic E-state index is 12.3. The Balaban J connectivity index is 2.08. The maximum Gasteiger partial charge on any atom is 0.265 e. The van der Waals surface area contributed by atoms with Gasteiger partial charge in [0.1, 0.15) is 5.75 Å². The van der Waals surface area contributed by atoms with Gasteiger partial charge in [-0.3, -0.25) is 4.79 Å². The van der Waals surface area contributed by atoms with Gasteiger partial charge in [0.2, 0.25) is 0 Å². The van der Waals surface area contributed by atoms with Crippen LogP contribution in [0.25, 0.3) is 0 Å². The van der Waals surface area contributed by atoms with E-state index in [9.17, 15) is 4.79 Å². The van der Waals surface area contributed by atoms with Crippen LogP contribution in [0.1, 0.15) is 13.3 Å². The Hall–Kier alpha value is -1.71. The van der Waals surface area contributed by atoms with Gasteiger partial charge in [0.25, 0.3) is 5.91 Å². The fourth-order valence-corrected chi connectivity index (χ4v) is 2.15. The molecule has 3 nitrogen and oxygen atoms in total. The molecule has 0 bridgehead atoms. The molecule has 110 valence electrons. The molecule has 0 aliphatic carbocycles. The highest BCUT2D eigenvalue weighted by Gasteiger charge is 2.19. The zero-order chi connectivity index (χ0) is 15.2. The lowest BCUT2D eigenvalue weighted by molar-refractivity contribution is -0.122. The molecule has 0 saturated heterocycles. The molecule has 0 heterocycles. The Labute approximate surface area is 133 Å². The third-order valence-corrected chi connectivity index (χ3v) is 3.71. The van der Waals surface area contributed by atoms with Crippen LogP contribution in [0.15, 0.2) is 48.5 Å². The molecule has 21 heavy (non-hydrogen) atoms. The van der Waals surface area contributed by atoms with Gasteiger partial charge in [0, 0.05) is 0 Å². The Morgan fingerprint density at radius 2 is 1.86 bits per heavy atom. The molecule has 0 radical (unpaired) electrons. The first-order valence-electron chi connectivity index (χ1n) is 6.58. The molecule has 0 aliphatic heterocycles. The van der Waals surface area contributed by atoms with Gasteiger partial charge in [-0.15, -0.1) is 0 Å². The summed E-state index contributed by atoms with van der Waals surface area (Å²) in [5, 5.41) is 3.46. The highest BCUT2D eigenvalue weighted by Crippen LogP contribution is 2.29. The first-order chi connectivity index (χ1) is 10.1. The van der Waals surface area contributed by atoms with E-state index in [0.717, 1.165) is 0 Å². The molecular weight excluding hydrogens is 309 g/mol. The second-order valence-electron chi connectivity index (χ2n) is 4.42. The van der Waals surface area contributed by atoms with E-state index in [2.05, 4.69) is 5.32 Å². The van der Waals surface area contributed by atoms with Gasteiger partial charge in [-0.2, -0.15) is 0 Å². The summed E-state index contributed by atoms with van der Waals surface area (Å²) in [5.74, 6) is 0.391. The molecule has 0 saturated carbocycles. The number of ether oxygens (including phenoxy) is 1. The lowest BCUT2D eigenvalue weighted by Gasteiger charge is -2.17. The molecule has 1 atom stereocenters. The molecule has 5 heteroatoms. The number of carbonyl (C=O) groups excluding carboxylic acids is 1. The molecule has 2 aromatic carbocycles. The topological polar surface area (TPSA) is 38.3 Å². The third kappa shape index (κ3) is 4.13. The van der Waals surface area contributed by atoms with Gasteiger partial charge in [-0.05, 0) is 30.7 Å². The van der Waals surface area contributed by atoms with Crippen LogP contribution in [0.3, 0.4) is 0 Å². The highest BCUT2D eigenvalue weighted by atomic mass is 35.5. The number of halogens is 2. The SMILES string of the molecule is CC[C@@H](Oc1ccccc1)C(=O)Nc1cccc(Cl)c1Cl. The van der Waals surface area contributed by atoms with Crippen molar-refractivity contribution in [3.63, 3.8) is 0 Å². The largest absolute Gasteiger partial charge is 0.481 e. The van der Waals surface area contributed by atoms with Crippen molar-refractivity contribution in [1.29, 1.82) is 0 Å². The summed E-state index contributed by atoms with van der Waals surface area (Å²) >= 11 is 12.0. The molecule has 1 N–H and O–H groups in total. The number of para-hydroxylation sites is 1. The zero-order valence-electron chi connectivity index (χ0n) is 11.5. The normalized spacial score (nSPS) is 11.8. The van der Waals surface area contributed by atoms with Gasteiger partial charge < -0.3 is 10.1 Å². The Morgan fingerprint density at radius 3 is 2.52 bits per heavy atom. The van der Waals surface area contributed by atoms with E-state index in [4.69, 9.17) is 27.9 Å². The predicted molar refractivity (Wildman–Crippen MR) is 86.2 cm³/mol. The number of rotatable bonds is 5. The number of amides is 1. The fraction of sp³-hybridized carbons (Fsp3) is 0.188. The highest BCUT2D eigenvalue weighted by molar-refractivity contribution is 6.44. The monoisotopic (exact) mass is 323 g/mol. The van der Waals surface area contributed by atoms with Gasteiger partial charge in [0.05, 0.1) is 15.7 Å². The summed E-state index contributed by atoms with van der Waals surface area (Å²) in [7, 11) is 0. The molecule has 0 aliphatic rings. The minimum Gasteiger partial charge on any atom is -0.481 e. The van der Waals surface area contributed by atoms with Crippen LogP contribution in [0.4, 0.5) is 5.69 Å². The molecule has 2 aromatic rings. The van der Waals surface area contributed by atoms with Crippen LogP contribution >= 0.6 is 23.2 Å². The first-order valence-corrected chi connectivity index (χ1v) is 7.34. The van der Waals surface area contributed by atoms with E-state index in [1.54, 1.807) is 18.2 Å². The van der Waals surface area contributed by atoms with E-state index in [0.29, 0.717) is 27.9 Å². The standard InChI is InChI=1S/C16H15Cl2NO2/c1-2-14(21-11-7-4-3-5-8-11)16(20)19-13-10-6-9-12(17)15(13)18/h3-10,14H,2H2,1H3,(H,19,20)/t14-/m1/s1. The van der Waals surface area contributed by atoms with Crippen molar-refractivity contribution in [2.45, 2.75) is 19.4 Å². The molecule has 1 amide bonds. The Morgan fingerprint density at radius 1 is 1.14 bits per heavy atom. The molecule has 0 aromatic heterocycles. The lowest BCUT2D eigenvalue weighted by atomic mass is 10.2. The van der Waals surface area contributed by atoms with Gasteiger partial charge in [0.15, 0.2) is 6.10 Å². The Bertz CT molecular complexity index is 617. The molecule has 0 unspecified atom stereocenters. The van der Waals surface area contributed by atoms with E-state index in [1.165, 1.54) is 0 Å². The summed E-state index contributed by atoms with van der Waals surface area (Å²) in [6.45, 7) is 1.88. The van der Waals surface area contributed by atoms with Gasteiger partial charge >= 0.3 is 0 Å². The molecule has 0 fully saturated rings. The minimum absolute atomic E-state index is 0.259. The number of benzene rings is 2. The first kappa shape index (κ1) is 15.7. The number of nitrogens with one attached hydrogen (secondary N) is 1. The van der Waals surface area contributed by atoms with Crippen LogP contribution in [0.2, 0.25) is 10.0 Å². The summed E-state index contributed by atoms with van der Waals surface area (Å²) in [6.07, 6.45) is -0.0544. The quantitative estimate of drug-likeness (QED) is 0.859. The number of hydrogen-bond acceptors (Lipinski definition) is 2. The zero-order valence-corrected chi connectivity index (χ0v) is 13.0. The van der Waals surface area contributed by atoms with Gasteiger partial charge in [-0.1, -0.05) is 54.4 Å². The van der Waals surface area contributed by atoms with Crippen molar-refractivity contribution in [2.75, 3.05) is 5.32 Å². The smallest absolute Gasteiger partial charge is 0.265 e. The van der Waals surface area contributed by atoms with Crippen molar-refractivity contribution >= 4 is 34.8 Å². The third-order valence-electron chi connectivity index (χ3n) is 2.89. The minimum atomic E-state index is -0.595. The van der Waals surface area contributed by atoms with Crippen LogP contribution in [-0.4, -0.2) is 12.0 Å². The van der Waals surface area contributed by atoms with Crippen molar-refractivity contribution < 1.29 is 9.53 Å². The molecule has 2 rings (SSSR count). The average Bonchev–Trinajstić information content (AvgIpc) is 2.50. The van der Waals surface area contributed by atoms with E-state index >= 15 is 0 Å². The summed E-state index contributed by atoms with van der Waals surface area (Å²) in [6, 6.07) is 14.3. The second-order valence-corrected chi connectivity index (χ2v) is 5.20. The van der Waals surface area contributed by atoms with Crippen LogP contribution in [-0.2, 0) is 4.79 Å². The van der Waals surface area contributed by atoms with Crippen LogP contribution in [0, 0.1) is 0 Å². The molecule has 0 spiro atoms. The average molecular weight is 324 g/mol. The summed E-state index contributed by atoms with van der Waals surface area (Å²) in [5.41, 5.74) is 0.476. The van der Waals surface area contributed by atoms with E-state index in [-0.39, 0.29) is 5.91 Å². The van der Waals surface area contributed by atoms with Crippen molar-refractivity contribution in [1.82, 2.24) is 0 Å². The maximum absolute atomic E-state index is 12.3. The number of hydrogen-bond donors (Lipinski definition) is 1. The number of carbonyl (C=O) groups is 1. The van der Waals surface area contributed by atoms with E-state index < -0.39 is 6.10 Å². The van der Waals surface area contributed by atoms with E-state index in [1.807, 2.05) is 37.3 Å². The molecular formula is C16H15Cl2NO2. The Kier molecular flexibility index (Phi) is 5.48. The van der Waals surface area contributed by atoms with Crippen LogP contribution in [0.5, 0.6) is 5.75 Å². The fourth-order valence-electron chi connectivity index (χ4n) is 1.80. The van der Waals surface area contributed by atoms with Crippen LogP contribution < -0.4 is 10.1 Å². The van der Waals surface area contributed by atoms with Crippen molar-refractivity contribution in [3.05, 3.63) is 58.6 Å².